The van der Waals surface area contributed by atoms with Gasteiger partial charge in [0, 0.05) is 11.6 Å². The number of aliphatic hydroxyl groups is 9. The fourth-order valence-electron chi connectivity index (χ4n) is 5.75. The second-order valence-electron chi connectivity index (χ2n) is 11.0. The van der Waals surface area contributed by atoms with Crippen molar-refractivity contribution in [3.63, 3.8) is 0 Å². The van der Waals surface area contributed by atoms with E-state index in [4.69, 9.17) is 23.7 Å². The summed E-state index contributed by atoms with van der Waals surface area (Å²) < 4.78 is 30.1. The molecule has 0 radical (unpaired) electrons. The number of carboxylic acid groups (broad SMARTS) is 1. The van der Waals surface area contributed by atoms with E-state index in [-0.39, 0.29) is 13.0 Å². The Morgan fingerprint density at radius 3 is 1.93 bits per heavy atom. The summed E-state index contributed by atoms with van der Waals surface area (Å²) >= 11 is 0. The summed E-state index contributed by atoms with van der Waals surface area (Å²) in [4.78, 5) is 11.6. The highest BCUT2D eigenvalue weighted by Crippen LogP contribution is 2.37. The van der Waals surface area contributed by atoms with Crippen LogP contribution in [0, 0.1) is 0 Å². The van der Waals surface area contributed by atoms with Gasteiger partial charge in [-0.2, -0.15) is 0 Å². The average molecular weight is 632 g/mol. The van der Waals surface area contributed by atoms with Gasteiger partial charge >= 0.3 is 5.97 Å². The van der Waals surface area contributed by atoms with Crippen LogP contribution in [0.1, 0.15) is 11.8 Å². The lowest BCUT2D eigenvalue weighted by Gasteiger charge is -2.47. The highest BCUT2D eigenvalue weighted by atomic mass is 16.7. The van der Waals surface area contributed by atoms with Gasteiger partial charge in [-0.05, 0) is 11.6 Å². The number of nitrogens with zero attached hydrogens (tertiary/aromatic N) is 1. The quantitative estimate of drug-likeness (QED) is 0.125. The zero-order valence-electron chi connectivity index (χ0n) is 23.2. The van der Waals surface area contributed by atoms with Crippen LogP contribution in [0.3, 0.4) is 0 Å². The number of ether oxygens (including phenoxy) is 5. The van der Waals surface area contributed by atoms with Crippen molar-refractivity contribution >= 4 is 16.9 Å². The number of carboxylic acids is 1. The summed E-state index contributed by atoms with van der Waals surface area (Å²) in [5.41, 5.74) is 0.911. The molecule has 3 fully saturated rings. The summed E-state index contributed by atoms with van der Waals surface area (Å²) in [6.07, 6.45) is -21.2. The minimum Gasteiger partial charge on any atom is -0.481 e. The predicted molar refractivity (Wildman–Crippen MR) is 142 cm³/mol. The molecule has 3 saturated heterocycles. The third-order valence-corrected chi connectivity index (χ3v) is 8.17. The fourth-order valence-corrected chi connectivity index (χ4v) is 5.75. The van der Waals surface area contributed by atoms with Gasteiger partial charge in [-0.1, -0.05) is 18.2 Å². The van der Waals surface area contributed by atoms with Gasteiger partial charge in [0.05, 0.1) is 31.8 Å². The molecule has 3 aliphatic heterocycles. The maximum Gasteiger partial charge on any atom is 0.307 e. The summed E-state index contributed by atoms with van der Waals surface area (Å²) in [6.45, 7) is -1.85. The van der Waals surface area contributed by atoms with Crippen LogP contribution >= 0.6 is 0 Å². The largest absolute Gasteiger partial charge is 0.481 e. The lowest BCUT2D eigenvalue weighted by Crippen LogP contribution is -2.63. The van der Waals surface area contributed by atoms with E-state index in [9.17, 15) is 55.9 Å². The number of fused-ring (bicyclic) bond motifs is 1. The molecule has 17 heteroatoms. The maximum absolute atomic E-state index is 11.6. The molecule has 44 heavy (non-hydrogen) atoms. The third kappa shape index (κ3) is 6.22. The first-order valence-corrected chi connectivity index (χ1v) is 14.0. The molecular formula is C27H37NO16. The summed E-state index contributed by atoms with van der Waals surface area (Å²) in [6, 6.07) is 6.78. The molecule has 14 atom stereocenters. The van der Waals surface area contributed by atoms with E-state index in [2.05, 4.69) is 0 Å². The molecule has 0 saturated carbocycles. The van der Waals surface area contributed by atoms with E-state index in [0.717, 1.165) is 0 Å². The standard InChI is InChI=1S/C27H37NO16/c29-7-13-17(33)20(36)22(38)26(41-13)43-15-9-40-25(28-6-10(5-16(31)32)11-3-1-2-4-12(11)28)24(19(15)35)44-27-23(39)21(37)18(34)14(8-30)42-27/h1-4,6,13-15,17-27,29-30,33-39H,5,7-9H2,(H,31,32). The SMILES string of the molecule is O=C(O)Cc1cn(C2OCC(OC3OC(CO)C(O)C(O)C3O)C(O)C2OC2OC(CO)C(O)C(O)C2O)c2ccccc12. The first-order chi connectivity index (χ1) is 21.0. The van der Waals surface area contributed by atoms with Gasteiger partial charge in [0.1, 0.15) is 67.1 Å². The van der Waals surface area contributed by atoms with Crippen molar-refractivity contribution in [2.45, 2.75) is 92.4 Å². The zero-order chi connectivity index (χ0) is 31.9. The lowest BCUT2D eigenvalue weighted by atomic mass is 9.98. The number of hydrogen-bond acceptors (Lipinski definition) is 15. The third-order valence-electron chi connectivity index (χ3n) is 8.17. The summed E-state index contributed by atoms with van der Waals surface area (Å²) in [7, 11) is 0. The lowest BCUT2D eigenvalue weighted by molar-refractivity contribution is -0.360. The van der Waals surface area contributed by atoms with Crippen LogP contribution in [0.4, 0.5) is 0 Å². The summed E-state index contributed by atoms with van der Waals surface area (Å²) in [5.74, 6) is -1.10. The molecule has 0 bridgehead atoms. The first-order valence-electron chi connectivity index (χ1n) is 14.0. The van der Waals surface area contributed by atoms with Crippen LogP contribution in [0.2, 0.25) is 0 Å². The molecule has 4 heterocycles. The Kier molecular flexibility index (Phi) is 10.2. The Balaban J connectivity index is 1.47. The van der Waals surface area contributed by atoms with Crippen LogP contribution in [0.15, 0.2) is 30.5 Å². The molecule has 246 valence electrons. The maximum atomic E-state index is 11.6. The molecule has 17 nitrogen and oxygen atoms in total. The van der Waals surface area contributed by atoms with E-state index in [0.29, 0.717) is 16.5 Å². The van der Waals surface area contributed by atoms with Crippen LogP contribution in [0.25, 0.3) is 10.9 Å². The minimum absolute atomic E-state index is 0.343. The Morgan fingerprint density at radius 1 is 0.795 bits per heavy atom. The van der Waals surface area contributed by atoms with Gasteiger partial charge in [-0.15, -0.1) is 0 Å². The molecular weight excluding hydrogens is 594 g/mol. The Labute approximate surface area is 249 Å². The van der Waals surface area contributed by atoms with Gasteiger partial charge in [0.2, 0.25) is 0 Å². The van der Waals surface area contributed by atoms with Crippen LogP contribution in [-0.2, 0) is 34.9 Å². The molecule has 14 unspecified atom stereocenters. The molecule has 0 aliphatic carbocycles. The van der Waals surface area contributed by atoms with E-state index >= 15 is 0 Å². The second-order valence-corrected chi connectivity index (χ2v) is 11.0. The predicted octanol–water partition coefficient (Wildman–Crippen LogP) is -4.47. The first kappa shape index (κ1) is 33.0. The van der Waals surface area contributed by atoms with Crippen LogP contribution in [-0.4, -0.2) is 161 Å². The highest BCUT2D eigenvalue weighted by molar-refractivity contribution is 5.87. The Hall–Kier alpha value is -2.33. The van der Waals surface area contributed by atoms with Crippen molar-refractivity contribution in [2.75, 3.05) is 19.8 Å². The van der Waals surface area contributed by atoms with E-state index in [1.165, 1.54) is 10.8 Å². The van der Waals surface area contributed by atoms with Crippen molar-refractivity contribution in [3.8, 4) is 0 Å². The number of aromatic nitrogens is 1. The topological polar surface area (TPSA) is 270 Å². The van der Waals surface area contributed by atoms with Gasteiger partial charge in [0.15, 0.2) is 18.8 Å². The van der Waals surface area contributed by atoms with E-state index in [1.54, 1.807) is 24.3 Å². The van der Waals surface area contributed by atoms with Crippen LogP contribution in [0.5, 0.6) is 0 Å². The smallest absolute Gasteiger partial charge is 0.307 e. The van der Waals surface area contributed by atoms with Gasteiger partial charge in [0.25, 0.3) is 0 Å². The van der Waals surface area contributed by atoms with Gasteiger partial charge < -0.3 is 79.3 Å². The van der Waals surface area contributed by atoms with Crippen molar-refractivity contribution in [1.29, 1.82) is 0 Å². The molecule has 0 spiro atoms. The highest BCUT2D eigenvalue weighted by Gasteiger charge is 2.51. The number of para-hydroxylation sites is 1. The average Bonchev–Trinajstić information content (AvgIpc) is 3.36. The molecule has 10 N–H and O–H groups in total. The Bertz CT molecular complexity index is 1270. The van der Waals surface area contributed by atoms with E-state index < -0.39 is 105 Å². The minimum atomic E-state index is -1.85. The number of aliphatic hydroxyl groups excluding tert-OH is 9. The Morgan fingerprint density at radius 2 is 1.36 bits per heavy atom. The fraction of sp³-hybridized carbons (Fsp3) is 0.667. The van der Waals surface area contributed by atoms with Crippen molar-refractivity contribution < 1.29 is 79.5 Å². The molecule has 2 aromatic rings. The molecule has 5 rings (SSSR count). The zero-order valence-corrected chi connectivity index (χ0v) is 23.2. The number of benzene rings is 1. The molecule has 1 aromatic heterocycles. The van der Waals surface area contributed by atoms with E-state index in [1.807, 2.05) is 0 Å². The van der Waals surface area contributed by atoms with Crippen molar-refractivity contribution in [1.82, 2.24) is 4.57 Å². The summed E-state index contributed by atoms with van der Waals surface area (Å²) in [5, 5.41) is 103. The number of rotatable bonds is 9. The van der Waals surface area contributed by atoms with Crippen LogP contribution < -0.4 is 0 Å². The molecule has 0 amide bonds. The van der Waals surface area contributed by atoms with Gasteiger partial charge in [-0.25, -0.2) is 0 Å². The normalized spacial score (nSPS) is 41.6. The number of carbonyl (C=O) groups is 1. The molecule has 1 aromatic carbocycles. The van der Waals surface area contributed by atoms with Gasteiger partial charge in [-0.3, -0.25) is 4.79 Å². The number of hydrogen-bond donors (Lipinski definition) is 10. The number of aliphatic carboxylic acids is 1. The second kappa shape index (κ2) is 13.6. The van der Waals surface area contributed by atoms with Crippen molar-refractivity contribution in [3.05, 3.63) is 36.0 Å². The van der Waals surface area contributed by atoms with Crippen molar-refractivity contribution in [2.24, 2.45) is 0 Å². The molecule has 3 aliphatic rings. The monoisotopic (exact) mass is 631 g/mol.